The smallest absolute Gasteiger partial charge is 0.332 e. The molecule has 120 valence electrons. The van der Waals surface area contributed by atoms with Crippen LogP contribution >= 0.6 is 0 Å². The largest absolute Gasteiger partial charge is 0.491 e. The van der Waals surface area contributed by atoms with Gasteiger partial charge < -0.3 is 9.30 Å². The second-order valence-corrected chi connectivity index (χ2v) is 5.43. The van der Waals surface area contributed by atoms with Gasteiger partial charge >= 0.3 is 5.69 Å². The van der Waals surface area contributed by atoms with Gasteiger partial charge in [-0.2, -0.15) is 0 Å². The minimum absolute atomic E-state index is 0.350. The van der Waals surface area contributed by atoms with E-state index in [1.54, 1.807) is 17.9 Å². The Hall–Kier alpha value is -2.83. The summed E-state index contributed by atoms with van der Waals surface area (Å²) in [4.78, 5) is 28.4. The average molecular weight is 314 g/mol. The van der Waals surface area contributed by atoms with Crippen molar-refractivity contribution in [2.75, 3.05) is 6.61 Å². The summed E-state index contributed by atoms with van der Waals surface area (Å²) in [7, 11) is 3.07. The van der Waals surface area contributed by atoms with Gasteiger partial charge in [-0.1, -0.05) is 18.2 Å². The van der Waals surface area contributed by atoms with Crippen molar-refractivity contribution < 1.29 is 4.74 Å². The highest BCUT2D eigenvalue weighted by Gasteiger charge is 2.14. The van der Waals surface area contributed by atoms with Crippen LogP contribution in [0.2, 0.25) is 0 Å². The summed E-state index contributed by atoms with van der Waals surface area (Å²) in [5, 5.41) is 0. The summed E-state index contributed by atoms with van der Waals surface area (Å²) in [5.74, 6) is 0.817. The molecule has 0 N–H and O–H groups in total. The van der Waals surface area contributed by atoms with Crippen molar-refractivity contribution in [3.63, 3.8) is 0 Å². The zero-order valence-corrected chi connectivity index (χ0v) is 13.3. The molecule has 0 bridgehead atoms. The average Bonchev–Trinajstić information content (AvgIpc) is 2.97. The predicted octanol–water partition coefficient (Wildman–Crippen LogP) is 0.821. The maximum absolute atomic E-state index is 12.3. The number of rotatable bonds is 4. The first-order chi connectivity index (χ1) is 11.0. The van der Waals surface area contributed by atoms with Crippen LogP contribution in [-0.2, 0) is 20.6 Å². The topological polar surface area (TPSA) is 71.1 Å². The third-order valence-electron chi connectivity index (χ3n) is 3.90. The van der Waals surface area contributed by atoms with Crippen LogP contribution in [-0.4, -0.2) is 25.3 Å². The Kier molecular flexibility index (Phi) is 3.77. The highest BCUT2D eigenvalue weighted by atomic mass is 16.5. The normalized spacial score (nSPS) is 11.1. The van der Waals surface area contributed by atoms with E-state index in [1.165, 1.54) is 11.6 Å². The molecular weight excluding hydrogens is 296 g/mol. The number of nitrogens with zero attached hydrogens (tertiary/aromatic N) is 4. The molecule has 0 radical (unpaired) electrons. The molecule has 23 heavy (non-hydrogen) atoms. The zero-order chi connectivity index (χ0) is 16.6. The van der Waals surface area contributed by atoms with Crippen molar-refractivity contribution in [3.05, 3.63) is 57.0 Å². The van der Waals surface area contributed by atoms with Gasteiger partial charge in [-0.15, -0.1) is 0 Å². The fraction of sp³-hybridized carbons (Fsp3) is 0.312. The zero-order valence-electron chi connectivity index (χ0n) is 13.3. The molecule has 0 atom stereocenters. The minimum atomic E-state index is -0.385. The van der Waals surface area contributed by atoms with Crippen LogP contribution in [0.4, 0.5) is 0 Å². The van der Waals surface area contributed by atoms with E-state index in [0.29, 0.717) is 24.3 Å². The van der Waals surface area contributed by atoms with Crippen molar-refractivity contribution >= 4 is 11.2 Å². The van der Waals surface area contributed by atoms with E-state index < -0.39 is 0 Å². The molecule has 3 aromatic rings. The third kappa shape index (κ3) is 2.54. The SMILES string of the molecule is Cc1ccccc1OCCn1cnc2c1c(=O)n(C)c(=O)n2C. The number of imidazole rings is 1. The van der Waals surface area contributed by atoms with E-state index in [2.05, 4.69) is 4.98 Å². The van der Waals surface area contributed by atoms with Gasteiger partial charge in [0.25, 0.3) is 5.56 Å². The van der Waals surface area contributed by atoms with Gasteiger partial charge in [0.05, 0.1) is 12.9 Å². The van der Waals surface area contributed by atoms with Crippen LogP contribution in [0, 0.1) is 6.92 Å². The lowest BCUT2D eigenvalue weighted by Gasteiger charge is -2.10. The summed E-state index contributed by atoms with van der Waals surface area (Å²) in [6.45, 7) is 2.86. The van der Waals surface area contributed by atoms with Crippen molar-refractivity contribution in [2.24, 2.45) is 14.1 Å². The quantitative estimate of drug-likeness (QED) is 0.715. The molecule has 0 spiro atoms. The fourth-order valence-corrected chi connectivity index (χ4v) is 2.54. The number of para-hydroxylation sites is 1. The van der Waals surface area contributed by atoms with E-state index in [9.17, 15) is 9.59 Å². The number of hydrogen-bond donors (Lipinski definition) is 0. The summed E-state index contributed by atoms with van der Waals surface area (Å²) in [6.07, 6.45) is 1.56. The Morgan fingerprint density at radius 1 is 1.13 bits per heavy atom. The van der Waals surface area contributed by atoms with Crippen LogP contribution in [0.1, 0.15) is 5.56 Å². The van der Waals surface area contributed by atoms with E-state index in [4.69, 9.17) is 4.74 Å². The van der Waals surface area contributed by atoms with Gasteiger partial charge in [0.2, 0.25) is 0 Å². The highest BCUT2D eigenvalue weighted by Crippen LogP contribution is 2.16. The van der Waals surface area contributed by atoms with Crippen LogP contribution in [0.3, 0.4) is 0 Å². The number of benzene rings is 1. The molecule has 0 aliphatic carbocycles. The summed E-state index contributed by atoms with van der Waals surface area (Å²) < 4.78 is 9.93. The van der Waals surface area contributed by atoms with Crippen LogP contribution < -0.4 is 16.0 Å². The first kappa shape index (κ1) is 15.1. The standard InChI is InChI=1S/C16H18N4O3/c1-11-6-4-5-7-12(11)23-9-8-20-10-17-14-13(20)15(21)19(3)16(22)18(14)2/h4-7,10H,8-9H2,1-3H3. The van der Waals surface area contributed by atoms with E-state index in [0.717, 1.165) is 15.9 Å². The lowest BCUT2D eigenvalue weighted by atomic mass is 10.2. The Labute approximate surface area is 132 Å². The van der Waals surface area contributed by atoms with Crippen LogP contribution in [0.15, 0.2) is 40.2 Å². The number of aryl methyl sites for hydroxylation is 2. The van der Waals surface area contributed by atoms with Gasteiger partial charge in [-0.3, -0.25) is 13.9 Å². The summed E-state index contributed by atoms with van der Waals surface area (Å²) >= 11 is 0. The molecule has 7 heteroatoms. The monoisotopic (exact) mass is 314 g/mol. The molecule has 0 saturated heterocycles. The van der Waals surface area contributed by atoms with Crippen molar-refractivity contribution in [2.45, 2.75) is 13.5 Å². The van der Waals surface area contributed by atoms with Gasteiger partial charge in [-0.05, 0) is 18.6 Å². The second-order valence-electron chi connectivity index (χ2n) is 5.43. The number of aromatic nitrogens is 4. The van der Waals surface area contributed by atoms with E-state index in [1.807, 2.05) is 31.2 Å². The number of ether oxygens (including phenoxy) is 1. The van der Waals surface area contributed by atoms with Gasteiger partial charge in [0.15, 0.2) is 11.2 Å². The number of hydrogen-bond acceptors (Lipinski definition) is 4. The van der Waals surface area contributed by atoms with Crippen LogP contribution in [0.5, 0.6) is 5.75 Å². The molecule has 0 aliphatic rings. The van der Waals surface area contributed by atoms with Crippen molar-refractivity contribution in [1.29, 1.82) is 0 Å². The number of fused-ring (bicyclic) bond motifs is 1. The molecule has 3 rings (SSSR count). The molecule has 1 aromatic carbocycles. The van der Waals surface area contributed by atoms with Gasteiger partial charge in [0.1, 0.15) is 12.4 Å². The minimum Gasteiger partial charge on any atom is -0.491 e. The Bertz CT molecular complexity index is 981. The van der Waals surface area contributed by atoms with Crippen molar-refractivity contribution in [3.8, 4) is 5.75 Å². The predicted molar refractivity (Wildman–Crippen MR) is 86.9 cm³/mol. The fourth-order valence-electron chi connectivity index (χ4n) is 2.54. The van der Waals surface area contributed by atoms with Gasteiger partial charge in [0, 0.05) is 14.1 Å². The lowest BCUT2D eigenvalue weighted by Crippen LogP contribution is -2.37. The van der Waals surface area contributed by atoms with Gasteiger partial charge in [-0.25, -0.2) is 9.78 Å². The highest BCUT2D eigenvalue weighted by molar-refractivity contribution is 5.69. The first-order valence-electron chi connectivity index (χ1n) is 7.30. The molecule has 2 heterocycles. The van der Waals surface area contributed by atoms with Crippen molar-refractivity contribution in [1.82, 2.24) is 18.7 Å². The molecule has 0 amide bonds. The maximum atomic E-state index is 12.3. The first-order valence-corrected chi connectivity index (χ1v) is 7.30. The third-order valence-corrected chi connectivity index (χ3v) is 3.90. The Morgan fingerprint density at radius 3 is 2.61 bits per heavy atom. The molecule has 0 aliphatic heterocycles. The maximum Gasteiger partial charge on any atom is 0.332 e. The molecule has 0 fully saturated rings. The van der Waals surface area contributed by atoms with Crippen LogP contribution in [0.25, 0.3) is 11.2 Å². The van der Waals surface area contributed by atoms with E-state index >= 15 is 0 Å². The molecule has 0 unspecified atom stereocenters. The molecule has 0 saturated carbocycles. The molecule has 2 aromatic heterocycles. The second kappa shape index (κ2) is 5.75. The molecule has 7 nitrogen and oxygen atoms in total. The van der Waals surface area contributed by atoms with E-state index in [-0.39, 0.29) is 11.2 Å². The lowest BCUT2D eigenvalue weighted by molar-refractivity contribution is 0.298. The Morgan fingerprint density at radius 2 is 1.87 bits per heavy atom. The molecular formula is C16H18N4O3. The summed E-state index contributed by atoms with van der Waals surface area (Å²) in [6, 6.07) is 7.76. The Balaban J connectivity index is 1.89. The summed E-state index contributed by atoms with van der Waals surface area (Å²) in [5.41, 5.74) is 1.11.